The Balaban J connectivity index is 1.60. The van der Waals surface area contributed by atoms with E-state index < -0.39 is 0 Å². The van der Waals surface area contributed by atoms with Crippen molar-refractivity contribution >= 4 is 11.6 Å². The van der Waals surface area contributed by atoms with Crippen LogP contribution in [0.5, 0.6) is 0 Å². The summed E-state index contributed by atoms with van der Waals surface area (Å²) < 4.78 is 14.8. The molecule has 0 aliphatic heterocycles. The molecule has 2 aromatic carbocycles. The Labute approximate surface area is 174 Å². The van der Waals surface area contributed by atoms with Crippen molar-refractivity contribution in [3.05, 3.63) is 99.8 Å². The summed E-state index contributed by atoms with van der Waals surface area (Å²) in [6.45, 7) is 6.35. The van der Waals surface area contributed by atoms with Crippen LogP contribution in [0.2, 0.25) is 0 Å². The average Bonchev–Trinajstić information content (AvgIpc) is 3.14. The molecule has 0 fully saturated rings. The van der Waals surface area contributed by atoms with Gasteiger partial charge in [0.2, 0.25) is 0 Å². The number of nitrogens with one attached hydrogen (secondary N) is 1. The van der Waals surface area contributed by atoms with E-state index in [0.717, 1.165) is 28.9 Å². The summed E-state index contributed by atoms with van der Waals surface area (Å²) >= 11 is 0. The van der Waals surface area contributed by atoms with Gasteiger partial charge >= 0.3 is 0 Å². The number of hydrogen-bond acceptors (Lipinski definition) is 3. The lowest BCUT2D eigenvalue weighted by atomic mass is 10.0. The van der Waals surface area contributed by atoms with Gasteiger partial charge in [0.05, 0.1) is 6.20 Å². The molecule has 0 aliphatic carbocycles. The van der Waals surface area contributed by atoms with E-state index in [1.165, 1.54) is 23.3 Å². The highest BCUT2D eigenvalue weighted by atomic mass is 19.1. The van der Waals surface area contributed by atoms with E-state index in [2.05, 4.69) is 41.6 Å². The first kappa shape index (κ1) is 19.8. The molecule has 4 rings (SSSR count). The van der Waals surface area contributed by atoms with Gasteiger partial charge in [0.15, 0.2) is 5.65 Å². The molecule has 0 saturated heterocycles. The van der Waals surface area contributed by atoms with Crippen LogP contribution in [0.1, 0.15) is 44.0 Å². The van der Waals surface area contributed by atoms with Crippen molar-refractivity contribution in [3.8, 4) is 0 Å². The van der Waals surface area contributed by atoms with Crippen molar-refractivity contribution in [2.45, 2.75) is 33.7 Å². The second-order valence-corrected chi connectivity index (χ2v) is 7.53. The molecule has 0 spiro atoms. The molecule has 1 N–H and O–H groups in total. The van der Waals surface area contributed by atoms with Crippen LogP contribution in [0.4, 0.5) is 4.39 Å². The number of carbonyl (C=O) groups is 1. The number of nitrogens with zero attached hydrogens (tertiary/aromatic N) is 3. The summed E-state index contributed by atoms with van der Waals surface area (Å²) in [7, 11) is 0. The van der Waals surface area contributed by atoms with Gasteiger partial charge in [-0.05, 0) is 49.6 Å². The van der Waals surface area contributed by atoms with Crippen LogP contribution in [-0.4, -0.2) is 20.5 Å². The third kappa shape index (κ3) is 3.94. The molecule has 2 heterocycles. The fraction of sp³-hybridized carbons (Fsp3) is 0.208. The van der Waals surface area contributed by atoms with E-state index in [1.54, 1.807) is 22.8 Å². The number of benzene rings is 2. The maximum atomic E-state index is 13.0. The average molecular weight is 402 g/mol. The topological polar surface area (TPSA) is 59.3 Å². The van der Waals surface area contributed by atoms with Gasteiger partial charge in [-0.15, -0.1) is 0 Å². The molecule has 5 nitrogen and oxygen atoms in total. The van der Waals surface area contributed by atoms with E-state index in [0.29, 0.717) is 17.8 Å². The lowest BCUT2D eigenvalue weighted by molar-refractivity contribution is 0.0952. The zero-order valence-electron chi connectivity index (χ0n) is 17.2. The minimum absolute atomic E-state index is 0.257. The summed E-state index contributed by atoms with van der Waals surface area (Å²) in [5.74, 6) is -0.559. The van der Waals surface area contributed by atoms with E-state index in [-0.39, 0.29) is 11.7 Å². The third-order valence-electron chi connectivity index (χ3n) is 5.28. The fourth-order valence-electron chi connectivity index (χ4n) is 3.63. The van der Waals surface area contributed by atoms with Crippen molar-refractivity contribution in [1.82, 2.24) is 19.9 Å². The second-order valence-electron chi connectivity index (χ2n) is 7.53. The van der Waals surface area contributed by atoms with Gasteiger partial charge in [-0.3, -0.25) is 4.79 Å². The maximum Gasteiger partial charge on any atom is 0.257 e. The quantitative estimate of drug-likeness (QED) is 0.541. The number of fused-ring (bicyclic) bond motifs is 1. The predicted molar refractivity (Wildman–Crippen MR) is 114 cm³/mol. The largest absolute Gasteiger partial charge is 0.348 e. The molecule has 30 heavy (non-hydrogen) atoms. The molecule has 0 bridgehead atoms. The van der Waals surface area contributed by atoms with Crippen molar-refractivity contribution < 1.29 is 9.18 Å². The van der Waals surface area contributed by atoms with Crippen molar-refractivity contribution in [2.75, 3.05) is 0 Å². The van der Waals surface area contributed by atoms with Gasteiger partial charge in [0.25, 0.3) is 5.91 Å². The molecule has 0 unspecified atom stereocenters. The van der Waals surface area contributed by atoms with E-state index >= 15 is 0 Å². The molecular weight excluding hydrogens is 379 g/mol. The standard InChI is InChI=1S/C24H23FN4O/c1-15-5-4-6-19(11-15)12-21-16(2)28-23-22(14-27-29(23)17(21)3)24(30)26-13-18-7-9-20(25)10-8-18/h4-11,14H,12-13H2,1-3H3,(H,26,30). The van der Waals surface area contributed by atoms with Crippen LogP contribution < -0.4 is 5.32 Å². The minimum Gasteiger partial charge on any atom is -0.348 e. The molecule has 0 saturated carbocycles. The Bertz CT molecular complexity index is 1230. The number of aromatic nitrogens is 3. The molecule has 152 valence electrons. The highest BCUT2D eigenvalue weighted by molar-refractivity contribution is 5.99. The van der Waals surface area contributed by atoms with Gasteiger partial charge < -0.3 is 5.32 Å². The van der Waals surface area contributed by atoms with Crippen LogP contribution in [0, 0.1) is 26.6 Å². The highest BCUT2D eigenvalue weighted by Gasteiger charge is 2.18. The first-order valence-electron chi connectivity index (χ1n) is 9.84. The normalized spacial score (nSPS) is 11.1. The predicted octanol–water partition coefficient (Wildman–Crippen LogP) is 4.31. The van der Waals surface area contributed by atoms with Gasteiger partial charge in [0, 0.05) is 24.4 Å². The zero-order chi connectivity index (χ0) is 21.3. The lowest BCUT2D eigenvalue weighted by Crippen LogP contribution is -2.23. The summed E-state index contributed by atoms with van der Waals surface area (Å²) in [5.41, 5.74) is 7.17. The molecule has 6 heteroatoms. The van der Waals surface area contributed by atoms with Gasteiger partial charge in [-0.2, -0.15) is 5.10 Å². The SMILES string of the molecule is Cc1cccc(Cc2c(C)nc3c(C(=O)NCc4ccc(F)cc4)cnn3c2C)c1. The summed E-state index contributed by atoms with van der Waals surface area (Å²) in [4.78, 5) is 17.4. The Morgan fingerprint density at radius 2 is 1.83 bits per heavy atom. The van der Waals surface area contributed by atoms with Crippen LogP contribution in [-0.2, 0) is 13.0 Å². The summed E-state index contributed by atoms with van der Waals surface area (Å²) in [6, 6.07) is 14.5. The van der Waals surface area contributed by atoms with Crippen molar-refractivity contribution in [2.24, 2.45) is 0 Å². The number of halogens is 1. The molecular formula is C24H23FN4O. The molecule has 0 radical (unpaired) electrons. The minimum atomic E-state index is -0.302. The van der Waals surface area contributed by atoms with Gasteiger partial charge in [0.1, 0.15) is 11.4 Å². The summed E-state index contributed by atoms with van der Waals surface area (Å²) in [6.07, 6.45) is 2.31. The Kier molecular flexibility index (Phi) is 5.31. The van der Waals surface area contributed by atoms with Crippen LogP contribution >= 0.6 is 0 Å². The Morgan fingerprint density at radius 1 is 1.07 bits per heavy atom. The van der Waals surface area contributed by atoms with Crippen molar-refractivity contribution in [3.63, 3.8) is 0 Å². The number of carbonyl (C=O) groups excluding carboxylic acids is 1. The molecule has 4 aromatic rings. The molecule has 1 amide bonds. The van der Waals surface area contributed by atoms with Crippen LogP contribution in [0.3, 0.4) is 0 Å². The number of hydrogen-bond donors (Lipinski definition) is 1. The van der Waals surface area contributed by atoms with Gasteiger partial charge in [-0.1, -0.05) is 42.0 Å². The Hall–Kier alpha value is -3.54. The Morgan fingerprint density at radius 3 is 2.57 bits per heavy atom. The molecule has 0 atom stereocenters. The summed E-state index contributed by atoms with van der Waals surface area (Å²) in [5, 5.41) is 7.27. The first-order chi connectivity index (χ1) is 14.4. The van der Waals surface area contributed by atoms with E-state index in [9.17, 15) is 9.18 Å². The third-order valence-corrected chi connectivity index (χ3v) is 5.28. The lowest BCUT2D eigenvalue weighted by Gasteiger charge is -2.12. The smallest absolute Gasteiger partial charge is 0.257 e. The fourth-order valence-corrected chi connectivity index (χ4v) is 3.63. The van der Waals surface area contributed by atoms with E-state index in [4.69, 9.17) is 4.98 Å². The van der Waals surface area contributed by atoms with Crippen LogP contribution in [0.25, 0.3) is 5.65 Å². The zero-order valence-corrected chi connectivity index (χ0v) is 17.2. The molecule has 2 aromatic heterocycles. The van der Waals surface area contributed by atoms with E-state index in [1.807, 2.05) is 13.8 Å². The maximum absolute atomic E-state index is 13.0. The number of rotatable bonds is 5. The second kappa shape index (κ2) is 8.06. The number of aryl methyl sites for hydroxylation is 3. The first-order valence-corrected chi connectivity index (χ1v) is 9.84. The van der Waals surface area contributed by atoms with Crippen molar-refractivity contribution in [1.29, 1.82) is 0 Å². The number of amides is 1. The molecule has 0 aliphatic rings. The highest BCUT2D eigenvalue weighted by Crippen LogP contribution is 2.21. The van der Waals surface area contributed by atoms with Crippen LogP contribution in [0.15, 0.2) is 54.7 Å². The van der Waals surface area contributed by atoms with Gasteiger partial charge in [-0.25, -0.2) is 13.9 Å². The monoisotopic (exact) mass is 402 g/mol.